The lowest BCUT2D eigenvalue weighted by Crippen LogP contribution is -2.37. The lowest BCUT2D eigenvalue weighted by Gasteiger charge is -2.29. The standard InChI is InChI=1S/C13H17F3N2OS/c1-12(2,19)7-18(3)10-5-4-8(13(14,15)16)6-9(10)11(17)20/h4-6,19H,7H2,1-3H3,(H2,17,20). The molecule has 0 aliphatic carbocycles. The highest BCUT2D eigenvalue weighted by Crippen LogP contribution is 2.33. The minimum atomic E-state index is -4.45. The summed E-state index contributed by atoms with van der Waals surface area (Å²) in [6.07, 6.45) is -4.45. The smallest absolute Gasteiger partial charge is 0.389 e. The highest BCUT2D eigenvalue weighted by Gasteiger charge is 2.31. The van der Waals surface area contributed by atoms with E-state index in [4.69, 9.17) is 18.0 Å². The van der Waals surface area contributed by atoms with Crippen molar-refractivity contribution in [3.05, 3.63) is 29.3 Å². The molecule has 0 unspecified atom stereocenters. The molecule has 0 aliphatic rings. The molecule has 0 heterocycles. The van der Waals surface area contributed by atoms with Crippen LogP contribution in [-0.2, 0) is 6.18 Å². The Bertz CT molecular complexity index is 509. The van der Waals surface area contributed by atoms with Gasteiger partial charge in [0, 0.05) is 24.8 Å². The summed E-state index contributed by atoms with van der Waals surface area (Å²) in [6, 6.07) is 3.21. The summed E-state index contributed by atoms with van der Waals surface area (Å²) in [6.45, 7) is 3.44. The number of hydrogen-bond acceptors (Lipinski definition) is 3. The van der Waals surface area contributed by atoms with E-state index in [0.717, 1.165) is 12.1 Å². The molecule has 0 atom stereocenters. The van der Waals surface area contributed by atoms with Gasteiger partial charge in [-0.1, -0.05) is 12.2 Å². The van der Waals surface area contributed by atoms with Crippen LogP contribution in [0.3, 0.4) is 0 Å². The van der Waals surface area contributed by atoms with Crippen LogP contribution in [0, 0.1) is 0 Å². The molecule has 7 heteroatoms. The van der Waals surface area contributed by atoms with Crippen LogP contribution in [-0.4, -0.2) is 29.3 Å². The van der Waals surface area contributed by atoms with Crippen molar-refractivity contribution in [2.45, 2.75) is 25.6 Å². The summed E-state index contributed by atoms with van der Waals surface area (Å²) in [5.74, 6) is 0. The zero-order valence-electron chi connectivity index (χ0n) is 11.5. The molecular weight excluding hydrogens is 289 g/mol. The van der Waals surface area contributed by atoms with Crippen molar-refractivity contribution in [3.8, 4) is 0 Å². The van der Waals surface area contributed by atoms with Crippen LogP contribution >= 0.6 is 12.2 Å². The third-order valence-corrected chi connectivity index (χ3v) is 2.84. The van der Waals surface area contributed by atoms with E-state index in [2.05, 4.69) is 0 Å². The Morgan fingerprint density at radius 2 is 1.90 bits per heavy atom. The van der Waals surface area contributed by atoms with Gasteiger partial charge in [-0.25, -0.2) is 0 Å². The highest BCUT2D eigenvalue weighted by molar-refractivity contribution is 7.80. The summed E-state index contributed by atoms with van der Waals surface area (Å²) in [7, 11) is 1.66. The van der Waals surface area contributed by atoms with Gasteiger partial charge in [-0.15, -0.1) is 0 Å². The Morgan fingerprint density at radius 3 is 2.30 bits per heavy atom. The molecule has 0 bridgehead atoms. The number of aliphatic hydroxyl groups is 1. The lowest BCUT2D eigenvalue weighted by atomic mass is 10.0. The van der Waals surface area contributed by atoms with Crippen molar-refractivity contribution in [1.82, 2.24) is 0 Å². The SMILES string of the molecule is CN(CC(C)(C)O)c1ccc(C(F)(F)F)cc1C(N)=S. The van der Waals surface area contributed by atoms with Gasteiger partial charge >= 0.3 is 6.18 Å². The molecule has 112 valence electrons. The lowest BCUT2D eigenvalue weighted by molar-refractivity contribution is -0.137. The van der Waals surface area contributed by atoms with Crippen molar-refractivity contribution >= 4 is 22.9 Å². The molecule has 0 fully saturated rings. The molecule has 0 aliphatic heterocycles. The Morgan fingerprint density at radius 1 is 1.35 bits per heavy atom. The summed E-state index contributed by atoms with van der Waals surface area (Å²) >= 11 is 4.81. The molecule has 0 saturated heterocycles. The summed E-state index contributed by atoms with van der Waals surface area (Å²) in [5.41, 5.74) is 4.30. The largest absolute Gasteiger partial charge is 0.416 e. The van der Waals surface area contributed by atoms with Gasteiger partial charge in [-0.3, -0.25) is 0 Å². The first-order valence-electron chi connectivity index (χ1n) is 5.86. The molecular formula is C13H17F3N2OS. The van der Waals surface area contributed by atoms with Crippen LogP contribution in [0.5, 0.6) is 0 Å². The van der Waals surface area contributed by atoms with Crippen molar-refractivity contribution < 1.29 is 18.3 Å². The molecule has 1 aromatic rings. The van der Waals surface area contributed by atoms with Gasteiger partial charge in [0.1, 0.15) is 4.99 Å². The number of alkyl halides is 3. The third kappa shape index (κ3) is 4.35. The van der Waals surface area contributed by atoms with E-state index in [1.807, 2.05) is 0 Å². The zero-order chi connectivity index (χ0) is 15.7. The molecule has 0 saturated carbocycles. The van der Waals surface area contributed by atoms with Gasteiger partial charge in [0.25, 0.3) is 0 Å². The predicted octanol–water partition coefficient (Wildman–Crippen LogP) is 2.55. The average molecular weight is 306 g/mol. The van der Waals surface area contributed by atoms with Crippen LogP contribution in [0.2, 0.25) is 0 Å². The number of likely N-dealkylation sites (N-methyl/N-ethyl adjacent to an activating group) is 1. The molecule has 0 radical (unpaired) electrons. The van der Waals surface area contributed by atoms with Crippen molar-refractivity contribution in [2.24, 2.45) is 5.73 Å². The van der Waals surface area contributed by atoms with E-state index in [1.165, 1.54) is 6.07 Å². The van der Waals surface area contributed by atoms with Gasteiger partial charge in [-0.2, -0.15) is 13.2 Å². The van der Waals surface area contributed by atoms with Crippen LogP contribution in [0.25, 0.3) is 0 Å². The average Bonchev–Trinajstić information content (AvgIpc) is 2.24. The predicted molar refractivity (Wildman–Crippen MR) is 76.9 cm³/mol. The molecule has 0 aromatic heterocycles. The maximum absolute atomic E-state index is 12.7. The Hall–Kier alpha value is -1.34. The van der Waals surface area contributed by atoms with Gasteiger partial charge in [0.2, 0.25) is 0 Å². The van der Waals surface area contributed by atoms with Crippen LogP contribution in [0.4, 0.5) is 18.9 Å². The first-order chi connectivity index (χ1) is 8.92. The fourth-order valence-electron chi connectivity index (χ4n) is 1.91. The number of nitrogens with zero attached hydrogens (tertiary/aromatic N) is 1. The van der Waals surface area contributed by atoms with Crippen molar-refractivity contribution in [1.29, 1.82) is 0 Å². The molecule has 0 amide bonds. The third-order valence-electron chi connectivity index (χ3n) is 2.62. The zero-order valence-corrected chi connectivity index (χ0v) is 12.3. The number of anilines is 1. The topological polar surface area (TPSA) is 49.5 Å². The number of benzene rings is 1. The first kappa shape index (κ1) is 16.7. The Labute approximate surface area is 121 Å². The number of hydrogen-bond donors (Lipinski definition) is 2. The maximum Gasteiger partial charge on any atom is 0.416 e. The van der Waals surface area contributed by atoms with Crippen molar-refractivity contribution in [2.75, 3.05) is 18.5 Å². The van der Waals surface area contributed by atoms with Gasteiger partial charge in [-0.05, 0) is 32.0 Å². The fraction of sp³-hybridized carbons (Fsp3) is 0.462. The second-order valence-electron chi connectivity index (χ2n) is 5.26. The summed E-state index contributed by atoms with van der Waals surface area (Å²) < 4.78 is 38.1. The summed E-state index contributed by atoms with van der Waals surface area (Å²) in [4.78, 5) is 1.50. The van der Waals surface area contributed by atoms with E-state index in [-0.39, 0.29) is 17.1 Å². The second-order valence-corrected chi connectivity index (χ2v) is 5.70. The number of thiocarbonyl (C=S) groups is 1. The number of rotatable bonds is 4. The van der Waals surface area contributed by atoms with Crippen molar-refractivity contribution in [3.63, 3.8) is 0 Å². The highest BCUT2D eigenvalue weighted by atomic mass is 32.1. The minimum Gasteiger partial charge on any atom is -0.389 e. The second kappa shape index (κ2) is 5.57. The van der Waals surface area contributed by atoms with E-state index in [9.17, 15) is 18.3 Å². The normalized spacial score (nSPS) is 12.3. The van der Waals surface area contributed by atoms with E-state index < -0.39 is 17.3 Å². The van der Waals surface area contributed by atoms with Gasteiger partial charge in [0.15, 0.2) is 0 Å². The van der Waals surface area contributed by atoms with E-state index in [0.29, 0.717) is 5.69 Å². The van der Waals surface area contributed by atoms with Crippen LogP contribution < -0.4 is 10.6 Å². The molecule has 1 rings (SSSR count). The monoisotopic (exact) mass is 306 g/mol. The van der Waals surface area contributed by atoms with Crippen LogP contribution in [0.15, 0.2) is 18.2 Å². The van der Waals surface area contributed by atoms with E-state index >= 15 is 0 Å². The quantitative estimate of drug-likeness (QED) is 0.839. The maximum atomic E-state index is 12.7. The van der Waals surface area contributed by atoms with Gasteiger partial charge < -0.3 is 15.7 Å². The van der Waals surface area contributed by atoms with Crippen LogP contribution in [0.1, 0.15) is 25.0 Å². The molecule has 0 spiro atoms. The molecule has 1 aromatic carbocycles. The minimum absolute atomic E-state index is 0.117. The molecule has 20 heavy (non-hydrogen) atoms. The number of halogens is 3. The molecule has 3 nitrogen and oxygen atoms in total. The summed E-state index contributed by atoms with van der Waals surface area (Å²) in [5, 5.41) is 9.78. The molecule has 3 N–H and O–H groups in total. The van der Waals surface area contributed by atoms with E-state index in [1.54, 1.807) is 25.8 Å². The number of nitrogens with two attached hydrogens (primary N) is 1. The first-order valence-corrected chi connectivity index (χ1v) is 6.27. The Balaban J connectivity index is 3.24. The fourth-order valence-corrected chi connectivity index (χ4v) is 2.07. The van der Waals surface area contributed by atoms with Gasteiger partial charge in [0.05, 0.1) is 11.2 Å². The Kier molecular flexibility index (Phi) is 4.66.